The lowest BCUT2D eigenvalue weighted by Gasteiger charge is -2.62. The first-order valence-corrected chi connectivity index (χ1v) is 18.6. The molecule has 5 aliphatic rings. The van der Waals surface area contributed by atoms with Gasteiger partial charge in [0.05, 0.1) is 11.1 Å². The third kappa shape index (κ3) is 5.96. The van der Waals surface area contributed by atoms with Crippen molar-refractivity contribution in [1.29, 1.82) is 0 Å². The molecule has 0 aliphatic heterocycles. The van der Waals surface area contributed by atoms with Gasteiger partial charge in [0.1, 0.15) is 11.7 Å². The molecule has 0 heterocycles. The van der Waals surface area contributed by atoms with Crippen molar-refractivity contribution in [3.8, 4) is 0 Å². The minimum absolute atomic E-state index is 0.0649. The highest BCUT2D eigenvalue weighted by atomic mass is 16.6. The zero-order chi connectivity index (χ0) is 32.1. The summed E-state index contributed by atoms with van der Waals surface area (Å²) in [5, 5.41) is 0. The lowest BCUT2D eigenvalue weighted by atomic mass is 9.43. The monoisotopic (exact) mass is 624 g/mol. The second-order valence-corrected chi connectivity index (χ2v) is 17.0. The van der Waals surface area contributed by atoms with E-state index in [4.69, 9.17) is 9.47 Å². The summed E-state index contributed by atoms with van der Waals surface area (Å²) in [4.78, 5) is 25.9. The van der Waals surface area contributed by atoms with Crippen LogP contribution in [-0.2, 0) is 9.47 Å². The van der Waals surface area contributed by atoms with E-state index in [1.165, 1.54) is 57.8 Å². The molecule has 2 aromatic carbocycles. The Morgan fingerprint density at radius 3 is 2.04 bits per heavy atom. The van der Waals surface area contributed by atoms with E-state index in [0.717, 1.165) is 49.4 Å². The summed E-state index contributed by atoms with van der Waals surface area (Å²) in [7, 11) is 0. The average Bonchev–Trinajstić information content (AvgIpc) is 3.84. The molecule has 7 rings (SSSR count). The molecule has 0 amide bonds. The molecule has 4 nitrogen and oxygen atoms in total. The lowest BCUT2D eigenvalue weighted by Crippen LogP contribution is -2.56. The van der Waals surface area contributed by atoms with Crippen molar-refractivity contribution in [3.05, 3.63) is 71.8 Å². The molecule has 0 radical (unpaired) electrons. The van der Waals surface area contributed by atoms with Crippen molar-refractivity contribution in [2.45, 2.75) is 123 Å². The lowest BCUT2D eigenvalue weighted by molar-refractivity contribution is -0.149. The molecule has 46 heavy (non-hydrogen) atoms. The van der Waals surface area contributed by atoms with Gasteiger partial charge in [-0.15, -0.1) is 0 Å². The molecule has 0 bridgehead atoms. The summed E-state index contributed by atoms with van der Waals surface area (Å²) in [6, 6.07) is 19.0. The number of carbonyl (C=O) groups is 2. The Morgan fingerprint density at radius 2 is 1.37 bits per heavy atom. The average molecular weight is 625 g/mol. The van der Waals surface area contributed by atoms with Gasteiger partial charge in [-0.1, -0.05) is 57.2 Å². The highest BCUT2D eigenvalue weighted by Crippen LogP contribution is 2.69. The maximum atomic E-state index is 13.0. The van der Waals surface area contributed by atoms with E-state index in [1.807, 2.05) is 60.7 Å². The summed E-state index contributed by atoms with van der Waals surface area (Å²) >= 11 is 0. The maximum Gasteiger partial charge on any atom is 0.338 e. The Hall–Kier alpha value is -2.62. The first-order valence-electron chi connectivity index (χ1n) is 18.6. The van der Waals surface area contributed by atoms with Crippen LogP contribution in [0.1, 0.15) is 132 Å². The molecule has 5 saturated carbocycles. The molecular formula is C42H56O4. The first kappa shape index (κ1) is 32.0. The van der Waals surface area contributed by atoms with Crippen LogP contribution in [0.3, 0.4) is 0 Å². The van der Waals surface area contributed by atoms with Gasteiger partial charge in [-0.2, -0.15) is 0 Å². The minimum atomic E-state index is -0.366. The first-order chi connectivity index (χ1) is 22.1. The number of ether oxygens (including phenoxy) is 2. The van der Waals surface area contributed by atoms with Crippen molar-refractivity contribution >= 4 is 11.9 Å². The van der Waals surface area contributed by atoms with E-state index in [1.54, 1.807) is 0 Å². The van der Waals surface area contributed by atoms with Gasteiger partial charge in [0.2, 0.25) is 0 Å². The minimum Gasteiger partial charge on any atom is -0.458 e. The normalized spacial score (nSPS) is 38.0. The van der Waals surface area contributed by atoms with E-state index in [2.05, 4.69) is 27.7 Å². The Morgan fingerprint density at radius 1 is 0.717 bits per heavy atom. The molecule has 5 fully saturated rings. The topological polar surface area (TPSA) is 52.6 Å². The number of benzene rings is 2. The van der Waals surface area contributed by atoms with Crippen molar-refractivity contribution in [1.82, 2.24) is 0 Å². The fourth-order valence-corrected chi connectivity index (χ4v) is 11.6. The summed E-state index contributed by atoms with van der Waals surface area (Å²) in [6.07, 6.45) is 15.8. The van der Waals surface area contributed by atoms with Crippen LogP contribution in [0.25, 0.3) is 0 Å². The van der Waals surface area contributed by atoms with Crippen molar-refractivity contribution < 1.29 is 19.1 Å². The van der Waals surface area contributed by atoms with Gasteiger partial charge in [0, 0.05) is 0 Å². The van der Waals surface area contributed by atoms with Crippen LogP contribution < -0.4 is 0 Å². The Balaban J connectivity index is 0.973. The number of fused-ring (bicyclic) bond motifs is 5. The van der Waals surface area contributed by atoms with Gasteiger partial charge in [-0.3, -0.25) is 0 Å². The van der Waals surface area contributed by atoms with Crippen LogP contribution >= 0.6 is 0 Å². The van der Waals surface area contributed by atoms with Crippen molar-refractivity contribution in [3.63, 3.8) is 0 Å². The van der Waals surface area contributed by atoms with Gasteiger partial charge < -0.3 is 9.47 Å². The third-order valence-corrected chi connectivity index (χ3v) is 14.4. The smallest absolute Gasteiger partial charge is 0.338 e. The van der Waals surface area contributed by atoms with Crippen LogP contribution in [0.5, 0.6) is 0 Å². The van der Waals surface area contributed by atoms with Crippen molar-refractivity contribution in [2.24, 2.45) is 52.3 Å². The van der Waals surface area contributed by atoms with E-state index >= 15 is 0 Å². The number of hydrogen-bond acceptors (Lipinski definition) is 4. The predicted molar refractivity (Wildman–Crippen MR) is 182 cm³/mol. The molecule has 5 aliphatic carbocycles. The maximum absolute atomic E-state index is 13.0. The van der Waals surface area contributed by atoms with Crippen LogP contribution in [0.4, 0.5) is 0 Å². The predicted octanol–water partition coefficient (Wildman–Crippen LogP) is 10.3. The highest BCUT2D eigenvalue weighted by Gasteiger charge is 2.61. The largest absolute Gasteiger partial charge is 0.458 e. The van der Waals surface area contributed by atoms with Crippen LogP contribution in [-0.4, -0.2) is 23.6 Å². The summed E-state index contributed by atoms with van der Waals surface area (Å²) < 4.78 is 12.4. The molecule has 1 unspecified atom stereocenters. The molecule has 2 aromatic rings. The van der Waals surface area contributed by atoms with Crippen LogP contribution in [0, 0.1) is 52.3 Å². The van der Waals surface area contributed by atoms with E-state index < -0.39 is 0 Å². The zero-order valence-corrected chi connectivity index (χ0v) is 28.7. The molecule has 10 atom stereocenters. The van der Waals surface area contributed by atoms with Gasteiger partial charge >= 0.3 is 11.9 Å². The summed E-state index contributed by atoms with van der Waals surface area (Å²) in [5.74, 6) is 4.74. The zero-order valence-electron chi connectivity index (χ0n) is 28.7. The fraction of sp³-hybridized carbons (Fsp3) is 0.667. The SMILES string of the molecule is C[C@H](CC[C@H](OC(=O)c1ccccc1)C1CC1)[C@H]1CC[C@H]2[C@@H]3CC[C@H]4C[C@@](C)(OC(=O)c5ccccc5)CC[C@]4(C)C3CC[C@]12C. The van der Waals surface area contributed by atoms with Crippen LogP contribution in [0.15, 0.2) is 60.7 Å². The molecule has 0 saturated heterocycles. The number of hydrogen-bond donors (Lipinski definition) is 0. The van der Waals surface area contributed by atoms with Crippen LogP contribution in [0.2, 0.25) is 0 Å². The second kappa shape index (κ2) is 12.4. The van der Waals surface area contributed by atoms with Gasteiger partial charge in [-0.05, 0) is 167 Å². The van der Waals surface area contributed by atoms with Gasteiger partial charge in [0.25, 0.3) is 0 Å². The second-order valence-electron chi connectivity index (χ2n) is 17.0. The Bertz CT molecular complexity index is 1380. The number of rotatable bonds is 9. The summed E-state index contributed by atoms with van der Waals surface area (Å²) in [6.45, 7) is 9.96. The van der Waals surface area contributed by atoms with Gasteiger partial charge in [-0.25, -0.2) is 9.59 Å². The fourth-order valence-electron chi connectivity index (χ4n) is 11.6. The standard InChI is InChI=1S/C42H56O4/c1-28(15-22-37(29-16-17-29)45-38(43)30-11-7-5-8-12-30)34-20-21-35-33-19-18-32-27-40(2,46-39(44)31-13-9-6-10-14-31)25-26-41(32,3)36(33)23-24-42(34,35)4/h5-14,28-29,32-37H,15-27H2,1-4H3/t28-,32+,33+,34-,35+,36?,37+,40+,41+,42-/m1/s1. The molecule has 0 spiro atoms. The molecular weight excluding hydrogens is 568 g/mol. The van der Waals surface area contributed by atoms with Crippen molar-refractivity contribution in [2.75, 3.05) is 0 Å². The summed E-state index contributed by atoms with van der Waals surface area (Å²) in [5.41, 5.74) is 1.74. The van der Waals surface area contributed by atoms with E-state index in [0.29, 0.717) is 39.7 Å². The number of carbonyl (C=O) groups excluding carboxylic acids is 2. The molecule has 0 N–H and O–H groups in total. The Kier molecular flexibility index (Phi) is 8.64. The highest BCUT2D eigenvalue weighted by molar-refractivity contribution is 5.90. The molecule has 0 aromatic heterocycles. The molecule has 248 valence electrons. The number of esters is 2. The Labute approximate surface area is 277 Å². The third-order valence-electron chi connectivity index (χ3n) is 14.4. The van der Waals surface area contributed by atoms with Gasteiger partial charge in [0.15, 0.2) is 0 Å². The van der Waals surface area contributed by atoms with E-state index in [9.17, 15) is 9.59 Å². The van der Waals surface area contributed by atoms with E-state index in [-0.39, 0.29) is 23.6 Å². The molecule has 4 heteroatoms. The quantitative estimate of drug-likeness (QED) is 0.261.